The highest BCUT2D eigenvalue weighted by molar-refractivity contribution is 5.81. The Kier molecular flexibility index (Phi) is 16.3. The molecule has 8 rings (SSSR count). The summed E-state index contributed by atoms with van der Waals surface area (Å²) in [6.07, 6.45) is 9.92. The predicted octanol–water partition coefficient (Wildman–Crippen LogP) is 6.85. The van der Waals surface area contributed by atoms with E-state index in [1.165, 1.54) is 58.3 Å². The average molecular weight is 831 g/mol. The number of likely N-dealkylation sites (tertiary alicyclic amines) is 4. The number of ether oxygens (including phenoxy) is 3. The fraction of sp³-hybridized carbons (Fsp3) is 0.660. The second kappa shape index (κ2) is 21.5. The van der Waals surface area contributed by atoms with Gasteiger partial charge in [0.05, 0.1) is 0 Å². The van der Waals surface area contributed by atoms with Crippen LogP contribution in [0, 0.1) is 10.8 Å². The number of amides is 3. The predicted molar refractivity (Wildman–Crippen MR) is 231 cm³/mol. The van der Waals surface area contributed by atoms with Gasteiger partial charge in [0.1, 0.15) is 24.6 Å². The van der Waals surface area contributed by atoms with E-state index in [-0.39, 0.29) is 36.3 Å². The van der Waals surface area contributed by atoms with E-state index in [2.05, 4.69) is 15.5 Å². The van der Waals surface area contributed by atoms with Crippen molar-refractivity contribution in [2.24, 2.45) is 10.8 Å². The molecule has 0 unspecified atom stereocenters. The fourth-order valence-corrected chi connectivity index (χ4v) is 9.34. The number of nitrogens with one attached hydrogen (secondary N) is 2. The third-order valence-electron chi connectivity index (χ3n) is 13.2. The summed E-state index contributed by atoms with van der Waals surface area (Å²) in [5.41, 5.74) is 2.56. The van der Waals surface area contributed by atoms with E-state index in [9.17, 15) is 19.2 Å². The van der Waals surface area contributed by atoms with Crippen molar-refractivity contribution in [2.45, 2.75) is 110 Å². The molecule has 60 heavy (non-hydrogen) atoms. The molecule has 13 nitrogen and oxygen atoms in total. The number of benzene rings is 2. The molecule has 6 aliphatic rings. The summed E-state index contributed by atoms with van der Waals surface area (Å²) in [5.74, 6) is 0.220. The third kappa shape index (κ3) is 13.7. The molecule has 0 atom stereocenters. The smallest absolute Gasteiger partial charge is 0.410 e. The van der Waals surface area contributed by atoms with Crippen LogP contribution in [-0.4, -0.2) is 134 Å². The minimum atomic E-state index is -0.388. The van der Waals surface area contributed by atoms with Crippen LogP contribution in [0.15, 0.2) is 60.7 Å². The normalized spacial score (nSPS) is 21.7. The highest BCUT2D eigenvalue weighted by Gasteiger charge is 2.42. The molecule has 0 radical (unpaired) electrons. The molecule has 2 N–H and O–H groups in total. The van der Waals surface area contributed by atoms with Crippen molar-refractivity contribution in [3.63, 3.8) is 0 Å². The maximum atomic E-state index is 12.3. The number of nitrogens with zero attached hydrogens (tertiary/aromatic N) is 4. The highest BCUT2D eigenvalue weighted by Crippen LogP contribution is 2.39. The lowest BCUT2D eigenvalue weighted by Crippen LogP contribution is -2.51. The summed E-state index contributed by atoms with van der Waals surface area (Å²) in [6, 6.07) is 20.1. The van der Waals surface area contributed by atoms with Crippen molar-refractivity contribution in [1.29, 1.82) is 0 Å². The van der Waals surface area contributed by atoms with Crippen molar-refractivity contribution >= 4 is 24.1 Å². The van der Waals surface area contributed by atoms with Gasteiger partial charge in [-0.3, -0.25) is 4.79 Å². The van der Waals surface area contributed by atoms with E-state index >= 15 is 0 Å². The highest BCUT2D eigenvalue weighted by atomic mass is 16.6. The van der Waals surface area contributed by atoms with Crippen molar-refractivity contribution in [3.8, 4) is 0 Å². The first-order valence-corrected chi connectivity index (χ1v) is 22.5. The number of rotatable bonds is 5. The number of hydrogen-bond acceptors (Lipinski definition) is 10. The van der Waals surface area contributed by atoms with Crippen LogP contribution >= 0.6 is 0 Å². The SMILES string of the molecule is CC(C)(C)OC(=O)N1CCC2(CCNCC2)C1.O=C(OCc1ccccc1)N1CCC(N2CCC3(CCNC3)CC2)CC1.O=C1CCN(C(=O)OCc2ccccc2)CC1. The minimum absolute atomic E-state index is 0.145. The maximum absolute atomic E-state index is 12.3. The Morgan fingerprint density at radius 3 is 1.63 bits per heavy atom. The van der Waals surface area contributed by atoms with E-state index in [1.54, 1.807) is 4.90 Å². The van der Waals surface area contributed by atoms with Gasteiger partial charge in [0.2, 0.25) is 0 Å². The van der Waals surface area contributed by atoms with Gasteiger partial charge in [0.15, 0.2) is 0 Å². The van der Waals surface area contributed by atoms with E-state index in [1.807, 2.05) is 91.2 Å². The number of piperidine rings is 4. The summed E-state index contributed by atoms with van der Waals surface area (Å²) >= 11 is 0. The summed E-state index contributed by atoms with van der Waals surface area (Å²) in [7, 11) is 0. The third-order valence-corrected chi connectivity index (χ3v) is 13.2. The molecule has 6 fully saturated rings. The number of Topliss-reactive ketones (excluding diaryl/α,β-unsaturated/α-hetero) is 1. The molecule has 13 heteroatoms. The minimum Gasteiger partial charge on any atom is -0.445 e. The Morgan fingerprint density at radius 2 is 1.12 bits per heavy atom. The Labute approximate surface area is 357 Å². The van der Waals surface area contributed by atoms with Crippen LogP contribution in [0.2, 0.25) is 0 Å². The molecule has 6 saturated heterocycles. The summed E-state index contributed by atoms with van der Waals surface area (Å²) in [4.78, 5) is 55.0. The Balaban J connectivity index is 0.000000157. The average Bonchev–Trinajstić information content (AvgIpc) is 3.90. The summed E-state index contributed by atoms with van der Waals surface area (Å²) in [6.45, 7) is 17.8. The lowest BCUT2D eigenvalue weighted by Gasteiger charge is -2.44. The topological polar surface area (TPSA) is 133 Å². The summed E-state index contributed by atoms with van der Waals surface area (Å²) in [5, 5.41) is 6.93. The lowest BCUT2D eigenvalue weighted by molar-refractivity contribution is -0.121. The molecule has 2 aromatic carbocycles. The molecule has 6 aliphatic heterocycles. The van der Waals surface area contributed by atoms with Gasteiger partial charge in [-0.05, 0) is 127 Å². The van der Waals surface area contributed by atoms with Crippen LogP contribution in [-0.2, 0) is 32.2 Å². The van der Waals surface area contributed by atoms with Crippen LogP contribution in [0.3, 0.4) is 0 Å². The first-order chi connectivity index (χ1) is 28.9. The van der Waals surface area contributed by atoms with E-state index in [4.69, 9.17) is 14.2 Å². The van der Waals surface area contributed by atoms with Gasteiger partial charge in [0.25, 0.3) is 0 Å². The van der Waals surface area contributed by atoms with E-state index in [0.29, 0.717) is 49.4 Å². The van der Waals surface area contributed by atoms with Crippen LogP contribution < -0.4 is 10.6 Å². The molecule has 0 saturated carbocycles. The monoisotopic (exact) mass is 831 g/mol. The molecular formula is C47H70N6O7. The number of hydrogen-bond donors (Lipinski definition) is 2. The van der Waals surface area contributed by atoms with Gasteiger partial charge in [0, 0.05) is 64.7 Å². The zero-order chi connectivity index (χ0) is 42.4. The molecule has 2 aromatic rings. The van der Waals surface area contributed by atoms with Gasteiger partial charge in [-0.25, -0.2) is 14.4 Å². The molecule has 3 amide bonds. The van der Waals surface area contributed by atoms with Gasteiger partial charge >= 0.3 is 18.3 Å². The molecule has 0 aliphatic carbocycles. The van der Waals surface area contributed by atoms with Crippen molar-refractivity contribution < 1.29 is 33.4 Å². The Bertz CT molecular complexity index is 1650. The molecule has 0 aromatic heterocycles. The zero-order valence-electron chi connectivity index (χ0n) is 36.5. The van der Waals surface area contributed by atoms with E-state index < -0.39 is 0 Å². The summed E-state index contributed by atoms with van der Waals surface area (Å²) < 4.78 is 16.1. The largest absolute Gasteiger partial charge is 0.445 e. The Morgan fingerprint density at radius 1 is 0.617 bits per heavy atom. The standard InChI is InChI=1S/C21H31N3O2.C13H24N2O2.C13H15NO3/c25-20(26-16-18-4-2-1-3-5-18)24-12-6-19(7-13-24)23-14-9-21(10-15-23)8-11-22-17-21;1-12(2,3)17-11(16)15-9-6-13(10-15)4-7-14-8-5-13;15-12-6-8-14(9-7-12)13(16)17-10-11-4-2-1-3-5-11/h1-5,19,22H,6-17H2;14H,4-10H2,1-3H3;1-5H,6-10H2. The van der Waals surface area contributed by atoms with Crippen molar-refractivity contribution in [2.75, 3.05) is 78.5 Å². The number of carbonyl (C=O) groups is 4. The van der Waals surface area contributed by atoms with Crippen LogP contribution in [0.25, 0.3) is 0 Å². The molecule has 330 valence electrons. The zero-order valence-corrected chi connectivity index (χ0v) is 36.5. The molecule has 2 spiro atoms. The first-order valence-electron chi connectivity index (χ1n) is 22.5. The second-order valence-electron chi connectivity index (χ2n) is 18.7. The number of ketones is 1. The van der Waals surface area contributed by atoms with Gasteiger partial charge in [-0.2, -0.15) is 0 Å². The first kappa shape index (κ1) is 45.3. The van der Waals surface area contributed by atoms with Gasteiger partial charge in [-0.15, -0.1) is 0 Å². The van der Waals surface area contributed by atoms with Gasteiger partial charge in [-0.1, -0.05) is 60.7 Å². The molecule has 6 heterocycles. The Hall–Kier alpha value is -4.20. The maximum Gasteiger partial charge on any atom is 0.410 e. The van der Waals surface area contributed by atoms with Crippen LogP contribution in [0.1, 0.15) is 96.1 Å². The lowest BCUT2D eigenvalue weighted by atomic mass is 9.77. The van der Waals surface area contributed by atoms with Crippen LogP contribution in [0.5, 0.6) is 0 Å². The van der Waals surface area contributed by atoms with Crippen molar-refractivity contribution in [3.05, 3.63) is 71.8 Å². The number of carbonyl (C=O) groups excluding carboxylic acids is 4. The second-order valence-corrected chi connectivity index (χ2v) is 18.7. The van der Waals surface area contributed by atoms with Crippen molar-refractivity contribution in [1.82, 2.24) is 30.2 Å². The van der Waals surface area contributed by atoms with Crippen LogP contribution in [0.4, 0.5) is 14.4 Å². The van der Waals surface area contributed by atoms with Gasteiger partial charge < -0.3 is 44.4 Å². The molecule has 0 bridgehead atoms. The molecular weight excluding hydrogens is 761 g/mol. The van der Waals surface area contributed by atoms with E-state index in [0.717, 1.165) is 69.7 Å². The quantitative estimate of drug-likeness (QED) is 0.309. The fourth-order valence-electron chi connectivity index (χ4n) is 9.34.